The van der Waals surface area contributed by atoms with Crippen LogP contribution in [0.1, 0.15) is 28.1 Å². The van der Waals surface area contributed by atoms with Crippen molar-refractivity contribution >= 4 is 0 Å². The van der Waals surface area contributed by atoms with Crippen LogP contribution in [0.2, 0.25) is 0 Å². The number of nitriles is 5. The molecule has 0 radical (unpaired) electrons. The molecule has 98 valence electrons. The zero-order valence-electron chi connectivity index (χ0n) is 11.9. The Labute approximate surface area is 174 Å². The van der Waals surface area contributed by atoms with Crippen LogP contribution >= 0.6 is 0 Å². The van der Waals surface area contributed by atoms with Gasteiger partial charge in [0, 0.05) is 24.5 Å². The molecule has 0 fully saturated rings. The van der Waals surface area contributed by atoms with Crippen molar-refractivity contribution in [2.24, 2.45) is 0 Å². The van der Waals surface area contributed by atoms with Crippen LogP contribution in [0.3, 0.4) is 0 Å². The number of aromatic nitrogens is 2. The van der Waals surface area contributed by atoms with Crippen LogP contribution in [0.4, 0.5) is 0 Å². The van der Waals surface area contributed by atoms with E-state index in [0.29, 0.717) is 5.69 Å². The molecule has 2 aromatic rings. The molecule has 0 N–H and O–H groups in total. The quantitative estimate of drug-likeness (QED) is 0.429. The van der Waals surface area contributed by atoms with Gasteiger partial charge >= 0.3 is 62.8 Å². The van der Waals surface area contributed by atoms with Crippen molar-refractivity contribution < 1.29 is 56.0 Å². The topological polar surface area (TPSA) is 136 Å². The van der Waals surface area contributed by atoms with Gasteiger partial charge in [-0.2, -0.15) is 26.3 Å². The molecule has 2 rings (SSSR count). The van der Waals surface area contributed by atoms with E-state index in [1.54, 1.807) is 18.2 Å². The van der Waals surface area contributed by atoms with Gasteiger partial charge in [-0.15, -0.1) is 4.57 Å². The van der Waals surface area contributed by atoms with Gasteiger partial charge in [-0.1, -0.05) is 0 Å². The minimum Gasteiger partial charge on any atom is -0.264 e. The maximum atomic E-state index is 9.36. The fourth-order valence-corrected chi connectivity index (χ4v) is 1.99. The largest absolute Gasteiger partial charge is 1.00 e. The third-order valence-electron chi connectivity index (χ3n) is 2.89. The van der Waals surface area contributed by atoms with E-state index < -0.39 is 0 Å². The molecule has 7 nitrogen and oxygen atoms in total. The average Bonchev–Trinajstić information content (AvgIpc) is 2.59. The molecule has 0 aliphatic rings. The summed E-state index contributed by atoms with van der Waals surface area (Å²) in [5.74, 6) is 0. The molecule has 0 bridgehead atoms. The summed E-state index contributed by atoms with van der Waals surface area (Å²) in [7, 11) is 0. The molecule has 0 aromatic carbocycles. The molecule has 0 saturated heterocycles. The van der Waals surface area contributed by atoms with Crippen LogP contribution < -0.4 is 56.0 Å². The number of pyridine rings is 2. The summed E-state index contributed by atoms with van der Waals surface area (Å²) in [6.07, 6.45) is 2.89. The van der Waals surface area contributed by atoms with E-state index in [1.807, 2.05) is 12.1 Å². The number of rotatable bonds is 1. The maximum absolute atomic E-state index is 9.36. The molecule has 0 amide bonds. The first-order valence-corrected chi connectivity index (χ1v) is 5.80. The molecule has 0 unspecified atom stereocenters. The molecular weight excluding hydrogens is 317 g/mol. The van der Waals surface area contributed by atoms with Crippen molar-refractivity contribution in [1.29, 1.82) is 26.3 Å². The summed E-state index contributed by atoms with van der Waals surface area (Å²) in [5, 5.41) is 46.4. The van der Waals surface area contributed by atoms with Crippen LogP contribution in [-0.2, 0) is 0 Å². The Bertz CT molecular complexity index is 924. The van der Waals surface area contributed by atoms with Gasteiger partial charge in [0.2, 0.25) is 5.69 Å². The molecular formula is C15H4KN7+2. The normalized spacial score (nSPS) is 8.30. The van der Waals surface area contributed by atoms with E-state index in [2.05, 4.69) is 4.98 Å². The zero-order chi connectivity index (χ0) is 16.1. The van der Waals surface area contributed by atoms with Gasteiger partial charge in [-0.25, -0.2) is 0 Å². The smallest absolute Gasteiger partial charge is 0.264 e. The fourth-order valence-electron chi connectivity index (χ4n) is 1.99. The summed E-state index contributed by atoms with van der Waals surface area (Å²) < 4.78 is 1.18. The van der Waals surface area contributed by atoms with Gasteiger partial charge in [0.1, 0.15) is 23.8 Å². The van der Waals surface area contributed by atoms with Crippen molar-refractivity contribution in [2.45, 2.75) is 0 Å². The fraction of sp³-hybridized carbons (Fsp3) is 0. The summed E-state index contributed by atoms with van der Waals surface area (Å²) >= 11 is 0. The van der Waals surface area contributed by atoms with Crippen molar-refractivity contribution in [3.63, 3.8) is 0 Å². The second kappa shape index (κ2) is 8.13. The third-order valence-corrected chi connectivity index (χ3v) is 2.89. The molecule has 2 aromatic heterocycles. The molecule has 0 saturated carbocycles. The Morgan fingerprint density at radius 3 is 1.48 bits per heavy atom. The first-order valence-electron chi connectivity index (χ1n) is 5.80. The minimum atomic E-state index is -0.275. The van der Waals surface area contributed by atoms with Crippen molar-refractivity contribution in [2.75, 3.05) is 0 Å². The second-order valence-corrected chi connectivity index (χ2v) is 3.92. The zero-order valence-corrected chi connectivity index (χ0v) is 15.1. The molecule has 2 heterocycles. The summed E-state index contributed by atoms with van der Waals surface area (Å²) in [6, 6.07) is 11.9. The molecule has 0 spiro atoms. The van der Waals surface area contributed by atoms with Gasteiger partial charge in [0.25, 0.3) is 0 Å². The number of hydrogen-bond donors (Lipinski definition) is 0. The van der Waals surface area contributed by atoms with Crippen LogP contribution in [-0.4, -0.2) is 4.98 Å². The molecule has 23 heavy (non-hydrogen) atoms. The number of hydrogen-bond acceptors (Lipinski definition) is 6. The Morgan fingerprint density at radius 1 is 0.696 bits per heavy atom. The number of nitrogens with zero attached hydrogens (tertiary/aromatic N) is 7. The Balaban J connectivity index is 0.00000264. The van der Waals surface area contributed by atoms with E-state index in [4.69, 9.17) is 0 Å². The SMILES string of the molecule is N#Cc1c(C#N)c(C#N)[n+](-c2ccncc2)c(C#N)c1C#N.[K+]. The first kappa shape index (κ1) is 18.4. The van der Waals surface area contributed by atoms with Crippen molar-refractivity contribution in [1.82, 2.24) is 4.98 Å². The summed E-state index contributed by atoms with van der Waals surface area (Å²) in [4.78, 5) is 3.84. The Hall–Kier alpha value is -2.61. The monoisotopic (exact) mass is 321 g/mol. The van der Waals surface area contributed by atoms with E-state index in [0.717, 1.165) is 0 Å². The molecule has 8 heteroatoms. The van der Waals surface area contributed by atoms with E-state index in [-0.39, 0.29) is 79.5 Å². The van der Waals surface area contributed by atoms with Gasteiger partial charge in [-0.05, 0) is 0 Å². The summed E-state index contributed by atoms with van der Waals surface area (Å²) in [6.45, 7) is 0. The minimum absolute atomic E-state index is 0. The third kappa shape index (κ3) is 3.11. The standard InChI is InChI=1S/C15H4N7.K/c16-5-11-12(6-17)14(8-19)22(10-1-3-21-4-2-10)15(9-20)13(11)7-18;/h1-4H;/q2*+1. The summed E-state index contributed by atoms with van der Waals surface area (Å²) in [5.41, 5.74) is -0.722. The average molecular weight is 321 g/mol. The van der Waals surface area contributed by atoms with Crippen LogP contribution in [0.15, 0.2) is 24.5 Å². The van der Waals surface area contributed by atoms with Crippen LogP contribution in [0.25, 0.3) is 5.69 Å². The van der Waals surface area contributed by atoms with Gasteiger partial charge in [-0.3, -0.25) is 4.98 Å². The second-order valence-electron chi connectivity index (χ2n) is 3.92. The van der Waals surface area contributed by atoms with E-state index in [9.17, 15) is 26.3 Å². The predicted molar refractivity (Wildman–Crippen MR) is 69.3 cm³/mol. The Kier molecular flexibility index (Phi) is 6.52. The molecule has 0 aliphatic heterocycles. The predicted octanol–water partition coefficient (Wildman–Crippen LogP) is -2.28. The molecule has 0 atom stereocenters. The van der Waals surface area contributed by atoms with Gasteiger partial charge in [0.05, 0.1) is 0 Å². The first-order chi connectivity index (χ1) is 10.7. The molecule has 0 aliphatic carbocycles. The van der Waals surface area contributed by atoms with Gasteiger partial charge < -0.3 is 0 Å². The van der Waals surface area contributed by atoms with Crippen LogP contribution in [0.5, 0.6) is 0 Å². The van der Waals surface area contributed by atoms with E-state index >= 15 is 0 Å². The van der Waals surface area contributed by atoms with Crippen LogP contribution in [0, 0.1) is 56.7 Å². The van der Waals surface area contributed by atoms with Crippen molar-refractivity contribution in [3.05, 3.63) is 52.6 Å². The van der Waals surface area contributed by atoms with Gasteiger partial charge in [0.15, 0.2) is 23.3 Å². The maximum Gasteiger partial charge on any atom is 1.00 e. The van der Waals surface area contributed by atoms with E-state index in [1.165, 1.54) is 29.1 Å². The Morgan fingerprint density at radius 2 is 1.13 bits per heavy atom. The van der Waals surface area contributed by atoms with Crippen molar-refractivity contribution in [3.8, 4) is 36.0 Å².